The fourth-order valence-corrected chi connectivity index (χ4v) is 2.16. The Kier molecular flexibility index (Phi) is 3.78. The number of anilines is 2. The summed E-state index contributed by atoms with van der Waals surface area (Å²) in [5.74, 6) is 0.515. The van der Waals surface area contributed by atoms with Crippen LogP contribution in [0.5, 0.6) is 0 Å². The van der Waals surface area contributed by atoms with Crippen molar-refractivity contribution >= 4 is 11.5 Å². The van der Waals surface area contributed by atoms with Gasteiger partial charge in [0.25, 0.3) is 0 Å². The lowest BCUT2D eigenvalue weighted by Crippen LogP contribution is -2.03. The van der Waals surface area contributed by atoms with Crippen molar-refractivity contribution in [2.75, 3.05) is 11.1 Å². The summed E-state index contributed by atoms with van der Waals surface area (Å²) in [4.78, 5) is 8.22. The molecule has 0 unspecified atom stereocenters. The van der Waals surface area contributed by atoms with Crippen LogP contribution in [0.15, 0.2) is 67.1 Å². The van der Waals surface area contributed by atoms with Gasteiger partial charge in [-0.3, -0.25) is 4.98 Å². The summed E-state index contributed by atoms with van der Waals surface area (Å²) in [5, 5.41) is 3.30. The summed E-state index contributed by atoms with van der Waals surface area (Å²) in [6.45, 7) is 0.698. The van der Waals surface area contributed by atoms with Gasteiger partial charge >= 0.3 is 0 Å². The fraction of sp³-hybridized carbons (Fsp3) is 0.0588. The quantitative estimate of drug-likeness (QED) is 0.767. The molecular formula is C17H16N4. The molecule has 3 rings (SSSR count). The molecule has 1 aromatic carbocycles. The van der Waals surface area contributed by atoms with E-state index in [9.17, 15) is 0 Å². The minimum atomic E-state index is 0.515. The maximum absolute atomic E-state index is 5.82. The van der Waals surface area contributed by atoms with Crippen molar-refractivity contribution in [3.05, 3.63) is 72.7 Å². The summed E-state index contributed by atoms with van der Waals surface area (Å²) < 4.78 is 0. The Bertz CT molecular complexity index is 726. The molecule has 0 atom stereocenters. The number of nitrogens with zero attached hydrogens (tertiary/aromatic N) is 2. The highest BCUT2D eigenvalue weighted by Crippen LogP contribution is 2.20. The normalized spacial score (nSPS) is 10.3. The zero-order valence-corrected chi connectivity index (χ0v) is 11.5. The van der Waals surface area contributed by atoms with Gasteiger partial charge in [0.2, 0.25) is 0 Å². The molecule has 3 aromatic rings. The van der Waals surface area contributed by atoms with Crippen LogP contribution in [0.1, 0.15) is 5.56 Å². The molecule has 0 saturated heterocycles. The summed E-state index contributed by atoms with van der Waals surface area (Å²) in [7, 11) is 0. The van der Waals surface area contributed by atoms with Crippen LogP contribution in [0.4, 0.5) is 11.5 Å². The van der Waals surface area contributed by atoms with E-state index in [0.717, 1.165) is 16.8 Å². The summed E-state index contributed by atoms with van der Waals surface area (Å²) in [6.07, 6.45) is 5.33. The lowest BCUT2D eigenvalue weighted by atomic mass is 10.0. The molecule has 4 nitrogen and oxygen atoms in total. The SMILES string of the molecule is Nc1ncccc1NCc1cccc(-c2cccnc2)c1. The predicted octanol–water partition coefficient (Wildman–Crippen LogP) is 3.34. The number of nitrogens with two attached hydrogens (primary N) is 1. The first-order chi connectivity index (χ1) is 10.3. The Balaban J connectivity index is 1.77. The molecular weight excluding hydrogens is 260 g/mol. The lowest BCUT2D eigenvalue weighted by Gasteiger charge is -2.09. The lowest BCUT2D eigenvalue weighted by molar-refractivity contribution is 1.14. The van der Waals surface area contributed by atoms with E-state index in [4.69, 9.17) is 5.73 Å². The van der Waals surface area contributed by atoms with Crippen LogP contribution in [0.25, 0.3) is 11.1 Å². The molecule has 0 aliphatic heterocycles. The molecule has 0 aliphatic rings. The summed E-state index contributed by atoms with van der Waals surface area (Å²) in [5.41, 5.74) is 10.1. The van der Waals surface area contributed by atoms with Crippen LogP contribution in [0.3, 0.4) is 0 Å². The molecule has 0 saturated carbocycles. The van der Waals surface area contributed by atoms with Gasteiger partial charge in [-0.25, -0.2) is 4.98 Å². The zero-order chi connectivity index (χ0) is 14.5. The van der Waals surface area contributed by atoms with Gasteiger partial charge in [0.05, 0.1) is 5.69 Å². The highest BCUT2D eigenvalue weighted by atomic mass is 14.9. The molecule has 0 bridgehead atoms. The monoisotopic (exact) mass is 276 g/mol. The highest BCUT2D eigenvalue weighted by molar-refractivity contribution is 5.64. The van der Waals surface area contributed by atoms with Gasteiger partial charge in [-0.05, 0) is 41.0 Å². The second-order valence-corrected chi connectivity index (χ2v) is 4.73. The number of rotatable bonds is 4. The maximum Gasteiger partial charge on any atom is 0.146 e. The standard InChI is InChI=1S/C17H16N4/c18-17-16(7-3-9-20-17)21-11-13-4-1-5-14(10-13)15-6-2-8-19-12-15/h1-10,12,21H,11H2,(H2,18,20). The third kappa shape index (κ3) is 3.17. The third-order valence-corrected chi connectivity index (χ3v) is 3.24. The van der Waals surface area contributed by atoms with Gasteiger partial charge < -0.3 is 11.1 Å². The van der Waals surface area contributed by atoms with Crippen molar-refractivity contribution < 1.29 is 0 Å². The molecule has 0 aliphatic carbocycles. The second kappa shape index (κ2) is 6.05. The van der Waals surface area contributed by atoms with Gasteiger partial charge in [-0.2, -0.15) is 0 Å². The predicted molar refractivity (Wildman–Crippen MR) is 85.6 cm³/mol. The molecule has 21 heavy (non-hydrogen) atoms. The van der Waals surface area contributed by atoms with E-state index in [1.807, 2.05) is 30.5 Å². The van der Waals surface area contributed by atoms with E-state index < -0.39 is 0 Å². The van der Waals surface area contributed by atoms with Crippen LogP contribution in [-0.2, 0) is 6.54 Å². The van der Waals surface area contributed by atoms with E-state index in [2.05, 4.69) is 39.6 Å². The van der Waals surface area contributed by atoms with Crippen LogP contribution in [0.2, 0.25) is 0 Å². The maximum atomic E-state index is 5.82. The van der Waals surface area contributed by atoms with Gasteiger partial charge in [0.1, 0.15) is 5.82 Å². The Morgan fingerprint density at radius 3 is 2.62 bits per heavy atom. The topological polar surface area (TPSA) is 63.8 Å². The number of hydrogen-bond acceptors (Lipinski definition) is 4. The zero-order valence-electron chi connectivity index (χ0n) is 11.5. The Labute approximate surface area is 123 Å². The molecule has 4 heteroatoms. The van der Waals surface area contributed by atoms with Gasteiger partial charge in [-0.1, -0.05) is 24.3 Å². The van der Waals surface area contributed by atoms with E-state index in [-0.39, 0.29) is 0 Å². The van der Waals surface area contributed by atoms with Crippen molar-refractivity contribution in [2.24, 2.45) is 0 Å². The minimum absolute atomic E-state index is 0.515. The van der Waals surface area contributed by atoms with Gasteiger partial charge in [0.15, 0.2) is 0 Å². The molecule has 104 valence electrons. The average molecular weight is 276 g/mol. The molecule has 0 amide bonds. The van der Waals surface area contributed by atoms with E-state index >= 15 is 0 Å². The largest absolute Gasteiger partial charge is 0.382 e. The van der Waals surface area contributed by atoms with Crippen molar-refractivity contribution in [2.45, 2.75) is 6.54 Å². The van der Waals surface area contributed by atoms with Crippen LogP contribution < -0.4 is 11.1 Å². The van der Waals surface area contributed by atoms with Crippen molar-refractivity contribution in [3.63, 3.8) is 0 Å². The van der Waals surface area contributed by atoms with Crippen LogP contribution in [-0.4, -0.2) is 9.97 Å². The van der Waals surface area contributed by atoms with Crippen LogP contribution in [0, 0.1) is 0 Å². The van der Waals surface area contributed by atoms with E-state index in [1.54, 1.807) is 12.4 Å². The number of aromatic nitrogens is 2. The van der Waals surface area contributed by atoms with Crippen LogP contribution >= 0.6 is 0 Å². The first-order valence-corrected chi connectivity index (χ1v) is 6.76. The Morgan fingerprint density at radius 1 is 0.952 bits per heavy atom. The van der Waals surface area contributed by atoms with E-state index in [1.165, 1.54) is 5.56 Å². The molecule has 2 heterocycles. The second-order valence-electron chi connectivity index (χ2n) is 4.73. The first-order valence-electron chi connectivity index (χ1n) is 6.76. The molecule has 0 fully saturated rings. The smallest absolute Gasteiger partial charge is 0.146 e. The summed E-state index contributed by atoms with van der Waals surface area (Å²) >= 11 is 0. The third-order valence-electron chi connectivity index (χ3n) is 3.24. The minimum Gasteiger partial charge on any atom is -0.382 e. The van der Waals surface area contributed by atoms with E-state index in [0.29, 0.717) is 12.4 Å². The molecule has 0 radical (unpaired) electrons. The number of hydrogen-bond donors (Lipinski definition) is 2. The Hall–Kier alpha value is -2.88. The number of nitrogen functional groups attached to an aromatic ring is 1. The fourth-order valence-electron chi connectivity index (χ4n) is 2.16. The summed E-state index contributed by atoms with van der Waals surface area (Å²) in [6, 6.07) is 16.1. The van der Waals surface area contributed by atoms with Gasteiger partial charge in [0, 0.05) is 25.1 Å². The number of nitrogens with one attached hydrogen (secondary N) is 1. The highest BCUT2D eigenvalue weighted by Gasteiger charge is 2.01. The van der Waals surface area contributed by atoms with Crippen molar-refractivity contribution in [1.29, 1.82) is 0 Å². The average Bonchev–Trinajstić information content (AvgIpc) is 2.55. The van der Waals surface area contributed by atoms with Crippen molar-refractivity contribution in [1.82, 2.24) is 9.97 Å². The Morgan fingerprint density at radius 2 is 1.81 bits per heavy atom. The number of pyridine rings is 2. The number of benzene rings is 1. The first kappa shape index (κ1) is 13.1. The van der Waals surface area contributed by atoms with Gasteiger partial charge in [-0.15, -0.1) is 0 Å². The molecule has 2 aromatic heterocycles. The molecule has 0 spiro atoms. The molecule has 3 N–H and O–H groups in total. The van der Waals surface area contributed by atoms with Crippen molar-refractivity contribution in [3.8, 4) is 11.1 Å².